The van der Waals surface area contributed by atoms with E-state index < -0.39 is 18.9 Å². The van der Waals surface area contributed by atoms with Crippen LogP contribution in [0.15, 0.2) is 48.8 Å². The zero-order chi connectivity index (χ0) is 20.1. The summed E-state index contributed by atoms with van der Waals surface area (Å²) in [7, 11) is 0. The quantitative estimate of drug-likeness (QED) is 0.587. The highest BCUT2D eigenvalue weighted by molar-refractivity contribution is 7.07. The molecule has 0 spiro atoms. The van der Waals surface area contributed by atoms with Crippen molar-refractivity contribution < 1.29 is 27.4 Å². The fraction of sp³-hybridized carbons (Fsp3) is 0.118. The molecule has 2 aromatic heterocycles. The number of halogens is 4. The Morgan fingerprint density at radius 1 is 1.21 bits per heavy atom. The van der Waals surface area contributed by atoms with Crippen LogP contribution in [0.5, 0.6) is 10.9 Å². The van der Waals surface area contributed by atoms with Crippen LogP contribution in [-0.2, 0) is 0 Å². The first kappa shape index (κ1) is 19.9. The molecule has 0 aliphatic rings. The molecule has 11 heteroatoms. The van der Waals surface area contributed by atoms with Gasteiger partial charge in [0.05, 0.1) is 11.9 Å². The number of hydrogen-bond acceptors (Lipinski definition) is 6. The van der Waals surface area contributed by atoms with Crippen LogP contribution in [0.4, 0.5) is 23.7 Å². The van der Waals surface area contributed by atoms with Gasteiger partial charge in [-0.25, -0.2) is 9.78 Å². The van der Waals surface area contributed by atoms with Crippen molar-refractivity contribution in [3.05, 3.63) is 53.8 Å². The monoisotopic (exact) mass is 429 g/mol. The second kappa shape index (κ2) is 8.44. The number of pyridine rings is 1. The van der Waals surface area contributed by atoms with Crippen molar-refractivity contribution in [1.82, 2.24) is 9.36 Å². The number of alkyl halides is 3. The lowest BCUT2D eigenvalue weighted by Gasteiger charge is -2.14. The van der Waals surface area contributed by atoms with E-state index in [0.29, 0.717) is 10.6 Å². The predicted molar refractivity (Wildman–Crippen MR) is 98.0 cm³/mol. The summed E-state index contributed by atoms with van der Waals surface area (Å²) in [5.41, 5.74) is 0.962. The standard InChI is InChI=1S/C17H11ClF3N3O3S/c18-11-3-1-10(2-4-11)13-7-12(8-22-15(13)26-9-17(19,20)21)24-16(25)27-14-5-6-23-28-14/h1-8H,9H2,(H,24,25). The molecule has 0 atom stereocenters. The maximum Gasteiger partial charge on any atom is 0.422 e. The van der Waals surface area contributed by atoms with E-state index in [2.05, 4.69) is 14.7 Å². The number of aromatic nitrogens is 2. The molecule has 0 saturated carbocycles. The average Bonchev–Trinajstić information content (AvgIpc) is 3.13. The molecule has 3 rings (SSSR count). The summed E-state index contributed by atoms with van der Waals surface area (Å²) in [4.78, 5) is 15.8. The fourth-order valence-electron chi connectivity index (χ4n) is 2.11. The molecule has 146 valence electrons. The van der Waals surface area contributed by atoms with Crippen molar-refractivity contribution in [3.8, 4) is 22.1 Å². The van der Waals surface area contributed by atoms with Crippen molar-refractivity contribution in [2.75, 3.05) is 11.9 Å². The summed E-state index contributed by atoms with van der Waals surface area (Å²) in [6.45, 7) is -1.50. The van der Waals surface area contributed by atoms with Gasteiger partial charge in [0.2, 0.25) is 10.9 Å². The van der Waals surface area contributed by atoms with E-state index in [9.17, 15) is 18.0 Å². The van der Waals surface area contributed by atoms with Crippen LogP contribution in [-0.4, -0.2) is 28.2 Å². The molecule has 0 saturated heterocycles. The maximum absolute atomic E-state index is 12.5. The van der Waals surface area contributed by atoms with Gasteiger partial charge in [0.15, 0.2) is 6.61 Å². The topological polar surface area (TPSA) is 73.3 Å². The van der Waals surface area contributed by atoms with E-state index in [1.165, 1.54) is 24.5 Å². The van der Waals surface area contributed by atoms with E-state index >= 15 is 0 Å². The second-order valence-corrected chi connectivity index (χ2v) is 6.57. The number of nitrogens with zero attached hydrogens (tertiary/aromatic N) is 2. The van der Waals surface area contributed by atoms with Crippen molar-refractivity contribution in [2.24, 2.45) is 0 Å². The highest BCUT2D eigenvalue weighted by atomic mass is 35.5. The number of carbonyl (C=O) groups is 1. The number of anilines is 1. The summed E-state index contributed by atoms with van der Waals surface area (Å²) in [6.07, 6.45) is -2.68. The number of rotatable bonds is 5. The Hall–Kier alpha value is -2.85. The Labute approximate surface area is 166 Å². The Kier molecular flexibility index (Phi) is 6.00. The van der Waals surface area contributed by atoms with E-state index in [4.69, 9.17) is 21.1 Å². The van der Waals surface area contributed by atoms with Crippen LogP contribution in [0.25, 0.3) is 11.1 Å². The summed E-state index contributed by atoms with van der Waals surface area (Å²) in [6, 6.07) is 9.27. The average molecular weight is 430 g/mol. The van der Waals surface area contributed by atoms with E-state index in [1.54, 1.807) is 24.3 Å². The van der Waals surface area contributed by atoms with Gasteiger partial charge in [-0.2, -0.15) is 17.5 Å². The van der Waals surface area contributed by atoms with Crippen LogP contribution >= 0.6 is 23.1 Å². The number of ether oxygens (including phenoxy) is 2. The van der Waals surface area contributed by atoms with E-state index in [1.807, 2.05) is 0 Å². The van der Waals surface area contributed by atoms with Crippen molar-refractivity contribution in [2.45, 2.75) is 6.18 Å². The molecule has 1 amide bonds. The molecule has 0 radical (unpaired) electrons. The van der Waals surface area contributed by atoms with Crippen LogP contribution in [0.3, 0.4) is 0 Å². The van der Waals surface area contributed by atoms with Gasteiger partial charge in [-0.3, -0.25) is 5.32 Å². The van der Waals surface area contributed by atoms with E-state index in [-0.39, 0.29) is 22.2 Å². The Morgan fingerprint density at radius 2 is 1.96 bits per heavy atom. The molecule has 0 aliphatic heterocycles. The smallest absolute Gasteiger partial charge is 0.422 e. The van der Waals surface area contributed by atoms with Gasteiger partial charge in [-0.15, -0.1) is 0 Å². The van der Waals surface area contributed by atoms with Gasteiger partial charge < -0.3 is 9.47 Å². The third kappa shape index (κ3) is 5.57. The molecule has 1 aromatic carbocycles. The van der Waals surface area contributed by atoms with E-state index in [0.717, 1.165) is 11.5 Å². The van der Waals surface area contributed by atoms with Crippen LogP contribution in [0, 0.1) is 0 Å². The SMILES string of the molecule is O=C(Nc1cnc(OCC(F)(F)F)c(-c2ccc(Cl)cc2)c1)Oc1ccns1. The highest BCUT2D eigenvalue weighted by Crippen LogP contribution is 2.32. The third-order valence-electron chi connectivity index (χ3n) is 3.23. The third-order valence-corrected chi connectivity index (χ3v) is 4.11. The summed E-state index contributed by atoms with van der Waals surface area (Å²) in [5.74, 6) is -0.235. The van der Waals surface area contributed by atoms with Gasteiger partial charge in [0, 0.05) is 34.4 Å². The molecule has 2 heterocycles. The lowest BCUT2D eigenvalue weighted by Crippen LogP contribution is -2.20. The van der Waals surface area contributed by atoms with Crippen molar-refractivity contribution in [3.63, 3.8) is 0 Å². The van der Waals surface area contributed by atoms with Gasteiger partial charge in [-0.05, 0) is 23.8 Å². The lowest BCUT2D eigenvalue weighted by atomic mass is 10.1. The first-order valence-corrected chi connectivity index (χ1v) is 8.80. The Bertz CT molecular complexity index is 951. The molecule has 3 aromatic rings. The number of nitrogens with one attached hydrogen (secondary N) is 1. The van der Waals surface area contributed by atoms with Crippen LogP contribution < -0.4 is 14.8 Å². The maximum atomic E-state index is 12.5. The molecular formula is C17H11ClF3N3O3S. The predicted octanol–water partition coefficient (Wildman–Crippen LogP) is 5.41. The van der Waals surface area contributed by atoms with Crippen LogP contribution in [0.2, 0.25) is 5.02 Å². The minimum Gasteiger partial charge on any atom is -0.468 e. The number of carbonyl (C=O) groups excluding carboxylic acids is 1. The minimum atomic E-state index is -4.52. The second-order valence-electron chi connectivity index (χ2n) is 5.33. The molecule has 28 heavy (non-hydrogen) atoms. The molecule has 0 unspecified atom stereocenters. The largest absolute Gasteiger partial charge is 0.468 e. The number of benzene rings is 1. The zero-order valence-corrected chi connectivity index (χ0v) is 15.4. The minimum absolute atomic E-state index is 0.207. The summed E-state index contributed by atoms with van der Waals surface area (Å²) < 4.78 is 51.2. The van der Waals surface area contributed by atoms with Crippen molar-refractivity contribution in [1.29, 1.82) is 0 Å². The Balaban J connectivity index is 1.85. The number of amides is 1. The first-order chi connectivity index (χ1) is 13.3. The first-order valence-electron chi connectivity index (χ1n) is 7.65. The molecule has 6 nitrogen and oxygen atoms in total. The Morgan fingerprint density at radius 3 is 2.61 bits per heavy atom. The van der Waals surface area contributed by atoms with Crippen LogP contribution in [0.1, 0.15) is 0 Å². The molecular weight excluding hydrogens is 419 g/mol. The van der Waals surface area contributed by atoms with Gasteiger partial charge in [0.25, 0.3) is 0 Å². The van der Waals surface area contributed by atoms with Gasteiger partial charge >= 0.3 is 12.3 Å². The molecule has 0 bridgehead atoms. The van der Waals surface area contributed by atoms with Crippen molar-refractivity contribution >= 4 is 34.9 Å². The molecule has 0 aliphatic carbocycles. The lowest BCUT2D eigenvalue weighted by molar-refractivity contribution is -0.154. The molecule has 1 N–H and O–H groups in total. The molecule has 0 fully saturated rings. The summed E-state index contributed by atoms with van der Waals surface area (Å²) in [5, 5.41) is 3.19. The van der Waals surface area contributed by atoms with Gasteiger partial charge in [-0.1, -0.05) is 23.7 Å². The zero-order valence-electron chi connectivity index (χ0n) is 13.9. The fourth-order valence-corrected chi connectivity index (χ4v) is 2.70. The van der Waals surface area contributed by atoms with Gasteiger partial charge in [0.1, 0.15) is 0 Å². The number of hydrogen-bond donors (Lipinski definition) is 1. The normalized spacial score (nSPS) is 11.1. The highest BCUT2D eigenvalue weighted by Gasteiger charge is 2.29. The summed E-state index contributed by atoms with van der Waals surface area (Å²) >= 11 is 6.84.